The molecule has 2 aromatic carbocycles. The summed E-state index contributed by atoms with van der Waals surface area (Å²) in [5, 5.41) is 4.13. The average Bonchev–Trinajstić information content (AvgIpc) is 2.42. The zero-order valence-corrected chi connectivity index (χ0v) is 10.8. The Kier molecular flexibility index (Phi) is 4.13. The smallest absolute Gasteiger partial charge is 0.106 e. The Balaban J connectivity index is 2.22. The van der Waals surface area contributed by atoms with Crippen LogP contribution < -0.4 is 0 Å². The van der Waals surface area contributed by atoms with Gasteiger partial charge in [-0.1, -0.05) is 65.3 Å². The van der Waals surface area contributed by atoms with Crippen LogP contribution in [0.3, 0.4) is 0 Å². The highest BCUT2D eigenvalue weighted by Gasteiger charge is 2.05. The van der Waals surface area contributed by atoms with E-state index in [1.54, 1.807) is 7.11 Å². The van der Waals surface area contributed by atoms with E-state index in [4.69, 9.17) is 4.84 Å². The Hall–Kier alpha value is -2.09. The first-order valence-corrected chi connectivity index (χ1v) is 6.00. The summed E-state index contributed by atoms with van der Waals surface area (Å²) in [7, 11) is 1.58. The van der Waals surface area contributed by atoms with E-state index in [1.165, 1.54) is 11.1 Å². The van der Waals surface area contributed by atoms with Gasteiger partial charge in [0.05, 0.1) is 5.71 Å². The molecule has 2 aromatic rings. The monoisotopic (exact) mass is 239 g/mol. The number of hydrogen-bond acceptors (Lipinski definition) is 2. The Labute approximate surface area is 108 Å². The summed E-state index contributed by atoms with van der Waals surface area (Å²) in [6.07, 6.45) is 0.776. The van der Waals surface area contributed by atoms with Gasteiger partial charge in [-0.05, 0) is 18.1 Å². The summed E-state index contributed by atoms with van der Waals surface area (Å²) in [4.78, 5) is 4.94. The first-order valence-electron chi connectivity index (χ1n) is 6.00. The molecular weight excluding hydrogens is 222 g/mol. The van der Waals surface area contributed by atoms with E-state index in [0.29, 0.717) is 0 Å². The minimum atomic E-state index is 0.776. The van der Waals surface area contributed by atoms with Crippen LogP contribution in [0.2, 0.25) is 0 Å². The summed E-state index contributed by atoms with van der Waals surface area (Å²) in [5.41, 5.74) is 4.55. The molecule has 0 spiro atoms. The zero-order chi connectivity index (χ0) is 12.8. The molecule has 0 saturated heterocycles. The van der Waals surface area contributed by atoms with E-state index >= 15 is 0 Å². The molecule has 0 atom stereocenters. The van der Waals surface area contributed by atoms with Crippen LogP contribution in [0, 0.1) is 6.92 Å². The van der Waals surface area contributed by atoms with Crippen LogP contribution in [0.25, 0.3) is 0 Å². The van der Waals surface area contributed by atoms with Gasteiger partial charge in [0.2, 0.25) is 0 Å². The highest BCUT2D eigenvalue weighted by Crippen LogP contribution is 2.10. The van der Waals surface area contributed by atoms with Crippen molar-refractivity contribution in [3.63, 3.8) is 0 Å². The van der Waals surface area contributed by atoms with Gasteiger partial charge < -0.3 is 4.84 Å². The molecule has 0 N–H and O–H groups in total. The van der Waals surface area contributed by atoms with Crippen LogP contribution in [0.1, 0.15) is 16.7 Å². The molecule has 18 heavy (non-hydrogen) atoms. The number of oxime groups is 1. The second-order valence-electron chi connectivity index (χ2n) is 4.25. The van der Waals surface area contributed by atoms with Gasteiger partial charge >= 0.3 is 0 Å². The summed E-state index contributed by atoms with van der Waals surface area (Å²) in [5.74, 6) is 0. The fourth-order valence-electron chi connectivity index (χ4n) is 1.83. The van der Waals surface area contributed by atoms with Gasteiger partial charge in [-0.2, -0.15) is 0 Å². The summed E-state index contributed by atoms with van der Waals surface area (Å²) >= 11 is 0. The standard InChI is InChI=1S/C16H17NO/c1-13-8-10-14(11-9-13)12-16(17-18-2)15-6-4-3-5-7-15/h3-11H,12H2,1-2H3/b17-16-. The molecule has 0 unspecified atom stereocenters. The molecule has 2 heteroatoms. The lowest BCUT2D eigenvalue weighted by molar-refractivity contribution is 0.213. The molecule has 0 bridgehead atoms. The highest BCUT2D eigenvalue weighted by molar-refractivity contribution is 6.01. The third kappa shape index (κ3) is 3.20. The molecule has 0 saturated carbocycles. The van der Waals surface area contributed by atoms with Crippen molar-refractivity contribution in [1.29, 1.82) is 0 Å². The summed E-state index contributed by atoms with van der Waals surface area (Å²) in [6.45, 7) is 2.09. The van der Waals surface area contributed by atoms with Gasteiger partial charge in [0.1, 0.15) is 7.11 Å². The lowest BCUT2D eigenvalue weighted by Crippen LogP contribution is -2.05. The first-order chi connectivity index (χ1) is 8.79. The van der Waals surface area contributed by atoms with Crippen molar-refractivity contribution in [3.05, 3.63) is 71.3 Å². The summed E-state index contributed by atoms with van der Waals surface area (Å²) in [6, 6.07) is 18.6. The Morgan fingerprint density at radius 3 is 2.28 bits per heavy atom. The largest absolute Gasteiger partial charge is 0.399 e. The highest BCUT2D eigenvalue weighted by atomic mass is 16.6. The van der Waals surface area contributed by atoms with E-state index in [0.717, 1.165) is 17.7 Å². The van der Waals surface area contributed by atoms with Crippen molar-refractivity contribution in [2.24, 2.45) is 5.16 Å². The molecule has 0 heterocycles. The Morgan fingerprint density at radius 1 is 1.00 bits per heavy atom. The minimum absolute atomic E-state index is 0.776. The molecule has 0 aromatic heterocycles. The van der Waals surface area contributed by atoms with Crippen LogP contribution in [0.15, 0.2) is 59.8 Å². The minimum Gasteiger partial charge on any atom is -0.399 e. The fourth-order valence-corrected chi connectivity index (χ4v) is 1.83. The predicted molar refractivity (Wildman–Crippen MR) is 74.9 cm³/mol. The predicted octanol–water partition coefficient (Wildman–Crippen LogP) is 3.59. The Bertz CT molecular complexity index is 515. The Morgan fingerprint density at radius 2 is 1.67 bits per heavy atom. The molecule has 2 rings (SSSR count). The van der Waals surface area contributed by atoms with Crippen molar-refractivity contribution in [2.75, 3.05) is 7.11 Å². The number of hydrogen-bond donors (Lipinski definition) is 0. The summed E-state index contributed by atoms with van der Waals surface area (Å²) < 4.78 is 0. The maximum absolute atomic E-state index is 4.94. The molecule has 0 radical (unpaired) electrons. The van der Waals surface area contributed by atoms with Crippen molar-refractivity contribution < 1.29 is 4.84 Å². The van der Waals surface area contributed by atoms with Gasteiger partial charge in [0.15, 0.2) is 0 Å². The van der Waals surface area contributed by atoms with Gasteiger partial charge in [0, 0.05) is 6.42 Å². The first kappa shape index (κ1) is 12.4. The second kappa shape index (κ2) is 6.01. The van der Waals surface area contributed by atoms with E-state index in [-0.39, 0.29) is 0 Å². The molecule has 2 nitrogen and oxygen atoms in total. The van der Waals surface area contributed by atoms with Crippen molar-refractivity contribution in [1.82, 2.24) is 0 Å². The molecule has 0 aliphatic carbocycles. The third-order valence-electron chi connectivity index (χ3n) is 2.80. The van der Waals surface area contributed by atoms with Crippen LogP contribution in [-0.4, -0.2) is 12.8 Å². The quantitative estimate of drug-likeness (QED) is 0.590. The maximum Gasteiger partial charge on any atom is 0.106 e. The third-order valence-corrected chi connectivity index (χ3v) is 2.80. The van der Waals surface area contributed by atoms with Crippen molar-refractivity contribution in [3.8, 4) is 0 Å². The lowest BCUT2D eigenvalue weighted by Gasteiger charge is -2.06. The molecule has 0 aliphatic rings. The average molecular weight is 239 g/mol. The number of rotatable bonds is 4. The van der Waals surface area contributed by atoms with E-state index < -0.39 is 0 Å². The number of aryl methyl sites for hydroxylation is 1. The number of benzene rings is 2. The normalized spacial score (nSPS) is 11.3. The van der Waals surface area contributed by atoms with Crippen LogP contribution >= 0.6 is 0 Å². The molecule has 0 fully saturated rings. The second-order valence-corrected chi connectivity index (χ2v) is 4.25. The van der Waals surface area contributed by atoms with Crippen LogP contribution in [-0.2, 0) is 11.3 Å². The lowest BCUT2D eigenvalue weighted by atomic mass is 10.0. The van der Waals surface area contributed by atoms with Crippen LogP contribution in [0.4, 0.5) is 0 Å². The number of nitrogens with zero attached hydrogens (tertiary/aromatic N) is 1. The van der Waals surface area contributed by atoms with Gasteiger partial charge in [-0.25, -0.2) is 0 Å². The molecule has 0 amide bonds. The van der Waals surface area contributed by atoms with E-state index in [9.17, 15) is 0 Å². The fraction of sp³-hybridized carbons (Fsp3) is 0.188. The van der Waals surface area contributed by atoms with Crippen LogP contribution in [0.5, 0.6) is 0 Å². The molecule has 0 aliphatic heterocycles. The van der Waals surface area contributed by atoms with Gasteiger partial charge in [-0.15, -0.1) is 0 Å². The van der Waals surface area contributed by atoms with E-state index in [1.807, 2.05) is 30.3 Å². The zero-order valence-electron chi connectivity index (χ0n) is 10.8. The molecular formula is C16H17NO. The van der Waals surface area contributed by atoms with Crippen molar-refractivity contribution >= 4 is 5.71 Å². The topological polar surface area (TPSA) is 21.6 Å². The maximum atomic E-state index is 4.94. The SMILES string of the molecule is CO/N=C(/Cc1ccc(C)cc1)c1ccccc1. The molecule has 92 valence electrons. The van der Waals surface area contributed by atoms with E-state index in [2.05, 4.69) is 36.3 Å². The van der Waals surface area contributed by atoms with Gasteiger partial charge in [0.25, 0.3) is 0 Å². The van der Waals surface area contributed by atoms with Crippen molar-refractivity contribution in [2.45, 2.75) is 13.3 Å². The van der Waals surface area contributed by atoms with Gasteiger partial charge in [-0.3, -0.25) is 0 Å².